The van der Waals surface area contributed by atoms with E-state index >= 15 is 0 Å². The maximum Gasteiger partial charge on any atom is 0.306 e. The van der Waals surface area contributed by atoms with Crippen molar-refractivity contribution in [1.29, 1.82) is 0 Å². The van der Waals surface area contributed by atoms with Crippen LogP contribution >= 0.6 is 0 Å². The first-order valence-electron chi connectivity index (χ1n) is 28.6. The summed E-state index contributed by atoms with van der Waals surface area (Å²) in [5, 5.41) is 0. The Balaban J connectivity index is 4.30. The molecule has 1 atom stereocenters. The smallest absolute Gasteiger partial charge is 0.306 e. The number of esters is 3. The molecular formula is C60H108O6. The summed E-state index contributed by atoms with van der Waals surface area (Å²) in [5.41, 5.74) is 0. The third kappa shape index (κ3) is 52.3. The number of carbonyl (C=O) groups excluding carboxylic acids is 3. The van der Waals surface area contributed by atoms with Gasteiger partial charge in [0.1, 0.15) is 13.2 Å². The van der Waals surface area contributed by atoms with E-state index in [-0.39, 0.29) is 37.5 Å². The van der Waals surface area contributed by atoms with Crippen molar-refractivity contribution in [3.05, 3.63) is 48.6 Å². The first-order valence-corrected chi connectivity index (χ1v) is 28.6. The van der Waals surface area contributed by atoms with Gasteiger partial charge in [-0.1, -0.05) is 281 Å². The van der Waals surface area contributed by atoms with E-state index in [0.717, 1.165) is 64.2 Å². The summed E-state index contributed by atoms with van der Waals surface area (Å²) in [7, 11) is 0. The second-order valence-corrected chi connectivity index (χ2v) is 19.2. The zero-order valence-corrected chi connectivity index (χ0v) is 44.0. The predicted octanol–water partition coefficient (Wildman–Crippen LogP) is 19.0. The fourth-order valence-electron chi connectivity index (χ4n) is 8.34. The summed E-state index contributed by atoms with van der Waals surface area (Å²) in [4.78, 5) is 38.0. The van der Waals surface area contributed by atoms with Gasteiger partial charge in [0.25, 0.3) is 0 Å². The van der Waals surface area contributed by atoms with Gasteiger partial charge in [-0.05, 0) is 44.9 Å². The Hall–Kier alpha value is -2.63. The number of hydrogen-bond acceptors (Lipinski definition) is 6. The lowest BCUT2D eigenvalue weighted by Gasteiger charge is -2.18. The lowest BCUT2D eigenvalue weighted by Crippen LogP contribution is -2.30. The van der Waals surface area contributed by atoms with Crippen LogP contribution in [0.2, 0.25) is 0 Å². The van der Waals surface area contributed by atoms with Gasteiger partial charge >= 0.3 is 17.9 Å². The zero-order chi connectivity index (χ0) is 47.9. The van der Waals surface area contributed by atoms with E-state index in [1.807, 2.05) is 6.08 Å². The van der Waals surface area contributed by atoms with Gasteiger partial charge in [0.2, 0.25) is 0 Å². The van der Waals surface area contributed by atoms with Crippen LogP contribution in [-0.2, 0) is 28.6 Å². The van der Waals surface area contributed by atoms with Crippen molar-refractivity contribution in [2.45, 2.75) is 303 Å². The predicted molar refractivity (Wildman–Crippen MR) is 284 cm³/mol. The van der Waals surface area contributed by atoms with Crippen molar-refractivity contribution < 1.29 is 28.6 Å². The molecule has 0 heterocycles. The number of rotatable bonds is 52. The van der Waals surface area contributed by atoms with Crippen molar-refractivity contribution in [2.75, 3.05) is 13.2 Å². The Kier molecular flexibility index (Phi) is 52.8. The molecule has 0 radical (unpaired) electrons. The average Bonchev–Trinajstić information content (AvgIpc) is 3.31. The first-order chi connectivity index (χ1) is 32.5. The maximum atomic E-state index is 12.8. The summed E-state index contributed by atoms with van der Waals surface area (Å²) in [6, 6.07) is 0. The highest BCUT2D eigenvalue weighted by molar-refractivity contribution is 5.71. The standard InChI is InChI=1S/C60H108O6/c1-4-7-10-13-16-19-22-25-26-27-28-29-30-31-32-33-36-38-41-44-47-50-53-59(62)65-56-57(66-60(63)54-51-48-45-42-39-35-24-21-18-15-12-9-6-3)55-64-58(61)52-49-46-43-40-37-34-23-20-17-14-11-8-5-2/h9,12,18,21,35,39,45,48,57H,4-8,10-11,13-17,19-20,22-34,36-38,40-44,46-47,49-56H2,1-3H3/b12-9-,21-18-,39-35-,48-45-. The molecule has 0 aliphatic heterocycles. The molecule has 0 bridgehead atoms. The molecule has 6 nitrogen and oxygen atoms in total. The molecule has 0 saturated heterocycles. The second-order valence-electron chi connectivity index (χ2n) is 19.2. The zero-order valence-electron chi connectivity index (χ0n) is 44.0. The molecule has 6 heteroatoms. The van der Waals surface area contributed by atoms with Gasteiger partial charge in [-0.15, -0.1) is 0 Å². The van der Waals surface area contributed by atoms with E-state index in [0.29, 0.717) is 19.3 Å². The summed E-state index contributed by atoms with van der Waals surface area (Å²) in [6.07, 6.45) is 67.0. The molecule has 0 aromatic carbocycles. The Morgan fingerprint density at radius 3 is 0.894 bits per heavy atom. The largest absolute Gasteiger partial charge is 0.462 e. The van der Waals surface area contributed by atoms with Crippen LogP contribution in [-0.4, -0.2) is 37.2 Å². The lowest BCUT2D eigenvalue weighted by molar-refractivity contribution is -0.166. The van der Waals surface area contributed by atoms with Crippen LogP contribution in [0.15, 0.2) is 48.6 Å². The minimum absolute atomic E-state index is 0.0973. The summed E-state index contributed by atoms with van der Waals surface area (Å²) in [5.74, 6) is -0.965. The molecule has 1 unspecified atom stereocenters. The minimum Gasteiger partial charge on any atom is -0.462 e. The lowest BCUT2D eigenvalue weighted by atomic mass is 10.0. The monoisotopic (exact) mass is 925 g/mol. The fraction of sp³-hybridized carbons (Fsp3) is 0.817. The molecule has 0 aromatic heterocycles. The number of ether oxygens (including phenoxy) is 3. The Morgan fingerprint density at radius 2 is 0.591 bits per heavy atom. The Labute approximate surface area is 409 Å². The molecule has 0 fully saturated rings. The molecule has 0 amide bonds. The van der Waals surface area contributed by atoms with Crippen molar-refractivity contribution in [3.8, 4) is 0 Å². The molecular weight excluding hydrogens is 817 g/mol. The highest BCUT2D eigenvalue weighted by atomic mass is 16.6. The fourth-order valence-corrected chi connectivity index (χ4v) is 8.34. The Bertz CT molecular complexity index is 1150. The summed E-state index contributed by atoms with van der Waals surface area (Å²) < 4.78 is 16.8. The van der Waals surface area contributed by atoms with Crippen molar-refractivity contribution in [2.24, 2.45) is 0 Å². The Morgan fingerprint density at radius 1 is 0.318 bits per heavy atom. The quantitative estimate of drug-likeness (QED) is 0.0262. The highest BCUT2D eigenvalue weighted by Crippen LogP contribution is 2.17. The van der Waals surface area contributed by atoms with Crippen LogP contribution in [0, 0.1) is 0 Å². The van der Waals surface area contributed by atoms with Gasteiger partial charge in [-0.2, -0.15) is 0 Å². The molecule has 0 spiro atoms. The van der Waals surface area contributed by atoms with Crippen LogP contribution in [0.5, 0.6) is 0 Å². The second kappa shape index (κ2) is 55.0. The van der Waals surface area contributed by atoms with Crippen LogP contribution in [0.3, 0.4) is 0 Å². The van der Waals surface area contributed by atoms with Crippen LogP contribution in [0.25, 0.3) is 0 Å². The molecule has 0 aliphatic carbocycles. The normalized spacial score (nSPS) is 12.3. The van der Waals surface area contributed by atoms with E-state index in [1.54, 1.807) is 0 Å². The number of allylic oxidation sites excluding steroid dienone is 8. The van der Waals surface area contributed by atoms with E-state index in [9.17, 15) is 14.4 Å². The highest BCUT2D eigenvalue weighted by Gasteiger charge is 2.19. The van der Waals surface area contributed by atoms with Gasteiger partial charge in [-0.3, -0.25) is 14.4 Å². The van der Waals surface area contributed by atoms with Gasteiger partial charge < -0.3 is 14.2 Å². The molecule has 0 aromatic rings. The molecule has 0 aliphatic rings. The van der Waals surface area contributed by atoms with E-state index in [1.165, 1.54) is 186 Å². The molecule has 384 valence electrons. The molecule has 0 rings (SSSR count). The van der Waals surface area contributed by atoms with Gasteiger partial charge in [0, 0.05) is 19.3 Å². The van der Waals surface area contributed by atoms with Crippen molar-refractivity contribution in [3.63, 3.8) is 0 Å². The first kappa shape index (κ1) is 63.4. The number of hydrogen-bond donors (Lipinski definition) is 0. The number of unbranched alkanes of at least 4 members (excludes halogenated alkanes) is 33. The van der Waals surface area contributed by atoms with E-state index in [2.05, 4.69) is 63.3 Å². The maximum absolute atomic E-state index is 12.8. The molecule has 0 saturated carbocycles. The van der Waals surface area contributed by atoms with Gasteiger partial charge in [-0.25, -0.2) is 0 Å². The SMILES string of the molecule is CC/C=C\C/C=C\C/C=C\C/C=C\CCC(=O)OC(COC(=O)CCCCCCCCCCCCCCC)COC(=O)CCCCCCCCCCCCCCCCCCCCCCCC. The van der Waals surface area contributed by atoms with E-state index in [4.69, 9.17) is 14.2 Å². The molecule has 66 heavy (non-hydrogen) atoms. The van der Waals surface area contributed by atoms with Crippen LogP contribution < -0.4 is 0 Å². The average molecular weight is 926 g/mol. The van der Waals surface area contributed by atoms with Crippen LogP contribution in [0.4, 0.5) is 0 Å². The summed E-state index contributed by atoms with van der Waals surface area (Å²) in [6.45, 7) is 6.50. The van der Waals surface area contributed by atoms with Crippen molar-refractivity contribution >= 4 is 17.9 Å². The summed E-state index contributed by atoms with van der Waals surface area (Å²) >= 11 is 0. The van der Waals surface area contributed by atoms with Gasteiger partial charge in [0.05, 0.1) is 0 Å². The number of carbonyl (C=O) groups is 3. The van der Waals surface area contributed by atoms with Crippen LogP contribution in [0.1, 0.15) is 297 Å². The molecule has 0 N–H and O–H groups in total. The van der Waals surface area contributed by atoms with Gasteiger partial charge in [0.15, 0.2) is 6.10 Å². The van der Waals surface area contributed by atoms with E-state index < -0.39 is 6.10 Å². The third-order valence-corrected chi connectivity index (χ3v) is 12.6. The third-order valence-electron chi connectivity index (χ3n) is 12.6. The topological polar surface area (TPSA) is 78.9 Å². The minimum atomic E-state index is -0.806. The van der Waals surface area contributed by atoms with Crippen molar-refractivity contribution in [1.82, 2.24) is 0 Å².